The molecule has 4 nitrogen and oxygen atoms in total. The number of thioether (sulfide) groups is 1. The second kappa shape index (κ2) is 7.95. The van der Waals surface area contributed by atoms with Crippen LogP contribution in [0.15, 0.2) is 63.1 Å². The Labute approximate surface area is 136 Å². The van der Waals surface area contributed by atoms with Crippen molar-refractivity contribution >= 4 is 33.5 Å². The van der Waals surface area contributed by atoms with E-state index in [-0.39, 0.29) is 5.84 Å². The lowest BCUT2D eigenvalue weighted by Crippen LogP contribution is -2.12. The third-order valence-electron chi connectivity index (χ3n) is 2.70. The Kier molecular flexibility index (Phi) is 5.95. The van der Waals surface area contributed by atoms with Gasteiger partial charge in [-0.3, -0.25) is 0 Å². The zero-order valence-corrected chi connectivity index (χ0v) is 13.6. The molecule has 0 bridgehead atoms. The van der Waals surface area contributed by atoms with Crippen molar-refractivity contribution in [1.82, 2.24) is 0 Å². The van der Waals surface area contributed by atoms with Gasteiger partial charge in [-0.25, -0.2) is 0 Å². The number of nitrogens with zero attached hydrogens (tertiary/aromatic N) is 1. The van der Waals surface area contributed by atoms with Crippen molar-refractivity contribution in [3.63, 3.8) is 0 Å². The van der Waals surface area contributed by atoms with E-state index in [0.717, 1.165) is 16.0 Å². The number of amidine groups is 1. The Balaban J connectivity index is 1.80. The number of nitrogens with two attached hydrogens (primary N) is 1. The highest BCUT2D eigenvalue weighted by molar-refractivity contribution is 9.10. The molecule has 2 rings (SSSR count). The molecule has 0 aliphatic rings. The zero-order valence-electron chi connectivity index (χ0n) is 11.2. The molecular formula is C15H15BrN2O2S. The van der Waals surface area contributed by atoms with Crippen LogP contribution in [0, 0.1) is 0 Å². The van der Waals surface area contributed by atoms with Crippen molar-refractivity contribution in [3.8, 4) is 5.75 Å². The number of oxime groups is 1. The molecule has 21 heavy (non-hydrogen) atoms. The Morgan fingerprint density at radius 3 is 2.57 bits per heavy atom. The van der Waals surface area contributed by atoms with Crippen molar-refractivity contribution in [2.75, 3.05) is 12.4 Å². The van der Waals surface area contributed by atoms with Gasteiger partial charge in [0.1, 0.15) is 5.75 Å². The van der Waals surface area contributed by atoms with Crippen molar-refractivity contribution < 1.29 is 9.94 Å². The van der Waals surface area contributed by atoms with Gasteiger partial charge < -0.3 is 15.7 Å². The van der Waals surface area contributed by atoms with Gasteiger partial charge in [-0.1, -0.05) is 17.3 Å². The smallest absolute Gasteiger partial charge is 0.170 e. The van der Waals surface area contributed by atoms with Gasteiger partial charge in [0.2, 0.25) is 0 Å². The first-order valence-corrected chi connectivity index (χ1v) is 8.06. The van der Waals surface area contributed by atoms with E-state index in [9.17, 15) is 0 Å². The van der Waals surface area contributed by atoms with Crippen LogP contribution in [0.3, 0.4) is 0 Å². The number of ether oxygens (including phenoxy) is 1. The predicted molar refractivity (Wildman–Crippen MR) is 89.3 cm³/mol. The van der Waals surface area contributed by atoms with E-state index in [1.54, 1.807) is 36.0 Å². The Hall–Kier alpha value is -1.66. The van der Waals surface area contributed by atoms with E-state index in [1.807, 2.05) is 18.2 Å². The quantitative estimate of drug-likeness (QED) is 0.204. The van der Waals surface area contributed by atoms with Crippen molar-refractivity contribution in [1.29, 1.82) is 0 Å². The number of rotatable bonds is 6. The Bertz CT molecular complexity index is 617. The number of hydrogen-bond acceptors (Lipinski definition) is 4. The molecule has 0 spiro atoms. The van der Waals surface area contributed by atoms with Crippen LogP contribution in [0.2, 0.25) is 0 Å². The summed E-state index contributed by atoms with van der Waals surface area (Å²) in [6.07, 6.45) is 0. The maximum atomic E-state index is 8.59. The summed E-state index contributed by atoms with van der Waals surface area (Å²) in [4.78, 5) is 1.20. The minimum atomic E-state index is 0.0889. The van der Waals surface area contributed by atoms with Gasteiger partial charge in [-0.2, -0.15) is 0 Å². The number of halogens is 1. The first-order chi connectivity index (χ1) is 10.2. The molecule has 2 aromatic rings. The normalized spacial score (nSPS) is 11.4. The molecule has 0 saturated heterocycles. The van der Waals surface area contributed by atoms with Crippen LogP contribution in [-0.4, -0.2) is 23.4 Å². The minimum Gasteiger partial charge on any atom is -0.493 e. The SMILES string of the molecule is N/C(=N/O)c1ccc(OCCSc2ccccc2Br)cc1. The molecule has 3 N–H and O–H groups in total. The summed E-state index contributed by atoms with van der Waals surface area (Å²) in [6.45, 7) is 0.606. The van der Waals surface area contributed by atoms with Crippen LogP contribution in [-0.2, 0) is 0 Å². The maximum absolute atomic E-state index is 8.59. The van der Waals surface area contributed by atoms with E-state index < -0.39 is 0 Å². The molecule has 110 valence electrons. The summed E-state index contributed by atoms with van der Waals surface area (Å²) in [6, 6.07) is 15.2. The zero-order chi connectivity index (χ0) is 15.1. The summed E-state index contributed by atoms with van der Waals surface area (Å²) in [5.74, 6) is 1.70. The third kappa shape index (κ3) is 4.68. The average molecular weight is 367 g/mol. The van der Waals surface area contributed by atoms with Crippen LogP contribution >= 0.6 is 27.7 Å². The average Bonchev–Trinajstić information content (AvgIpc) is 2.53. The van der Waals surface area contributed by atoms with Crippen LogP contribution in [0.4, 0.5) is 0 Å². The molecule has 0 saturated carbocycles. The van der Waals surface area contributed by atoms with Crippen molar-refractivity contribution in [2.45, 2.75) is 4.90 Å². The molecule has 6 heteroatoms. The molecule has 0 aliphatic carbocycles. The van der Waals surface area contributed by atoms with Crippen LogP contribution in [0.1, 0.15) is 5.56 Å². The fraction of sp³-hybridized carbons (Fsp3) is 0.133. The lowest BCUT2D eigenvalue weighted by atomic mass is 10.2. The highest BCUT2D eigenvalue weighted by Crippen LogP contribution is 2.26. The van der Waals surface area contributed by atoms with Gasteiger partial charge in [-0.05, 0) is 52.3 Å². The maximum Gasteiger partial charge on any atom is 0.170 e. The fourth-order valence-corrected chi connectivity index (χ4v) is 3.05. The lowest BCUT2D eigenvalue weighted by Gasteiger charge is -2.07. The molecule has 0 heterocycles. The summed E-state index contributed by atoms with van der Waals surface area (Å²) in [5, 5.41) is 11.5. The highest BCUT2D eigenvalue weighted by atomic mass is 79.9. The predicted octanol–water partition coefficient (Wildman–Crippen LogP) is 3.71. The molecular weight excluding hydrogens is 352 g/mol. The van der Waals surface area contributed by atoms with E-state index in [0.29, 0.717) is 12.2 Å². The van der Waals surface area contributed by atoms with Gasteiger partial charge in [0, 0.05) is 20.7 Å². The molecule has 0 atom stereocenters. The summed E-state index contributed by atoms with van der Waals surface area (Å²) < 4.78 is 6.75. The number of benzene rings is 2. The largest absolute Gasteiger partial charge is 0.493 e. The van der Waals surface area contributed by atoms with Crippen LogP contribution in [0.25, 0.3) is 0 Å². The molecule has 0 amide bonds. The molecule has 0 aliphatic heterocycles. The first kappa shape index (κ1) is 15.7. The van der Waals surface area contributed by atoms with E-state index in [2.05, 4.69) is 27.2 Å². The van der Waals surface area contributed by atoms with Gasteiger partial charge in [-0.15, -0.1) is 11.8 Å². The molecule has 2 aromatic carbocycles. The Morgan fingerprint density at radius 1 is 1.19 bits per heavy atom. The molecule has 0 radical (unpaired) electrons. The minimum absolute atomic E-state index is 0.0889. The summed E-state index contributed by atoms with van der Waals surface area (Å²) in [5.41, 5.74) is 6.16. The molecule has 0 fully saturated rings. The van der Waals surface area contributed by atoms with Gasteiger partial charge in [0.15, 0.2) is 5.84 Å². The number of hydrogen-bond donors (Lipinski definition) is 2. The first-order valence-electron chi connectivity index (χ1n) is 6.29. The standard InChI is InChI=1S/C15H15BrN2O2S/c16-13-3-1-2-4-14(13)21-10-9-20-12-7-5-11(6-8-12)15(17)18-19/h1-8,19H,9-10H2,(H2,17,18). The monoisotopic (exact) mass is 366 g/mol. The highest BCUT2D eigenvalue weighted by Gasteiger charge is 2.01. The van der Waals surface area contributed by atoms with E-state index >= 15 is 0 Å². The summed E-state index contributed by atoms with van der Waals surface area (Å²) >= 11 is 5.25. The van der Waals surface area contributed by atoms with Crippen LogP contribution in [0.5, 0.6) is 5.75 Å². The lowest BCUT2D eigenvalue weighted by molar-refractivity contribution is 0.318. The second-order valence-electron chi connectivity index (χ2n) is 4.14. The van der Waals surface area contributed by atoms with E-state index in [1.165, 1.54) is 4.90 Å². The van der Waals surface area contributed by atoms with E-state index in [4.69, 9.17) is 15.7 Å². The van der Waals surface area contributed by atoms with Crippen molar-refractivity contribution in [3.05, 3.63) is 58.6 Å². The van der Waals surface area contributed by atoms with Crippen LogP contribution < -0.4 is 10.5 Å². The van der Waals surface area contributed by atoms with Crippen molar-refractivity contribution in [2.24, 2.45) is 10.9 Å². The van der Waals surface area contributed by atoms with Gasteiger partial charge >= 0.3 is 0 Å². The third-order valence-corrected chi connectivity index (χ3v) is 4.70. The Morgan fingerprint density at radius 2 is 1.90 bits per heavy atom. The fourth-order valence-electron chi connectivity index (χ4n) is 1.65. The topological polar surface area (TPSA) is 67.8 Å². The molecule has 0 aromatic heterocycles. The summed E-state index contributed by atoms with van der Waals surface area (Å²) in [7, 11) is 0. The second-order valence-corrected chi connectivity index (χ2v) is 6.13. The molecule has 0 unspecified atom stereocenters. The van der Waals surface area contributed by atoms with Gasteiger partial charge in [0.25, 0.3) is 0 Å². The van der Waals surface area contributed by atoms with Gasteiger partial charge in [0.05, 0.1) is 6.61 Å².